The maximum atomic E-state index is 9.62. The third-order valence-electron chi connectivity index (χ3n) is 2.65. The van der Waals surface area contributed by atoms with E-state index >= 15 is 0 Å². The van der Waals surface area contributed by atoms with E-state index in [2.05, 4.69) is 0 Å². The number of rotatable bonds is 2. The summed E-state index contributed by atoms with van der Waals surface area (Å²) in [5.74, 6) is 0.722. The largest absolute Gasteiger partial charge is 0.390 e. The molecule has 0 amide bonds. The molecule has 3 heteroatoms. The number of nitrogens with two attached hydrogens (primary N) is 1. The standard InChI is InChI=1S/C8H17BNO/c1-8(11)4-2-7(3-5-8)6-9-10/h7,11H,2-6,10H2,1H3. The van der Waals surface area contributed by atoms with Crippen molar-refractivity contribution in [3.8, 4) is 0 Å². The van der Waals surface area contributed by atoms with Gasteiger partial charge in [0, 0.05) is 0 Å². The van der Waals surface area contributed by atoms with Crippen LogP contribution in [0.5, 0.6) is 0 Å². The van der Waals surface area contributed by atoms with Crippen molar-refractivity contribution in [2.24, 2.45) is 11.6 Å². The molecule has 2 nitrogen and oxygen atoms in total. The van der Waals surface area contributed by atoms with Gasteiger partial charge in [-0.25, -0.2) is 0 Å². The van der Waals surface area contributed by atoms with Crippen LogP contribution in [-0.4, -0.2) is 18.1 Å². The molecule has 0 aromatic carbocycles. The van der Waals surface area contributed by atoms with Crippen molar-refractivity contribution >= 4 is 7.41 Å². The first kappa shape index (κ1) is 9.08. The zero-order valence-electron chi connectivity index (χ0n) is 7.21. The molecule has 11 heavy (non-hydrogen) atoms. The molecule has 63 valence electrons. The van der Waals surface area contributed by atoms with Gasteiger partial charge in [0.15, 0.2) is 0 Å². The molecule has 0 aromatic rings. The molecule has 0 aliphatic heterocycles. The molecule has 1 saturated carbocycles. The lowest BCUT2D eigenvalue weighted by molar-refractivity contribution is 0.0105. The van der Waals surface area contributed by atoms with Crippen LogP contribution in [0.4, 0.5) is 0 Å². The van der Waals surface area contributed by atoms with Crippen molar-refractivity contribution in [3.63, 3.8) is 0 Å². The fraction of sp³-hybridized carbons (Fsp3) is 1.00. The van der Waals surface area contributed by atoms with Gasteiger partial charge in [0.05, 0.1) is 5.60 Å². The summed E-state index contributed by atoms with van der Waals surface area (Å²) >= 11 is 0. The van der Waals surface area contributed by atoms with E-state index in [1.165, 1.54) is 0 Å². The summed E-state index contributed by atoms with van der Waals surface area (Å²) in [5, 5.41) is 9.62. The van der Waals surface area contributed by atoms with Crippen LogP contribution in [-0.2, 0) is 0 Å². The second kappa shape index (κ2) is 3.59. The Balaban J connectivity index is 2.25. The minimum atomic E-state index is -0.398. The summed E-state index contributed by atoms with van der Waals surface area (Å²) in [6.45, 7) is 1.93. The Morgan fingerprint density at radius 3 is 2.55 bits per heavy atom. The predicted octanol–water partition coefficient (Wildman–Crippen LogP) is 0.924. The molecule has 0 unspecified atom stereocenters. The van der Waals surface area contributed by atoms with Gasteiger partial charge in [-0.3, -0.25) is 0 Å². The Morgan fingerprint density at radius 2 is 2.09 bits per heavy atom. The quantitative estimate of drug-likeness (QED) is 0.581. The SMILES string of the molecule is CC1(O)CCC(C[B]N)CC1. The molecule has 1 aliphatic rings. The Bertz CT molecular complexity index is 117. The summed E-state index contributed by atoms with van der Waals surface area (Å²) in [6.07, 6.45) is 5.13. The molecule has 1 rings (SSSR count). The molecule has 1 radical (unpaired) electrons. The highest BCUT2D eigenvalue weighted by molar-refractivity contribution is 6.30. The summed E-state index contributed by atoms with van der Waals surface area (Å²) in [6, 6.07) is 0. The van der Waals surface area contributed by atoms with Crippen molar-refractivity contribution in [2.45, 2.75) is 44.5 Å². The normalized spacial score (nSPS) is 38.6. The Kier molecular flexibility index (Phi) is 2.96. The summed E-state index contributed by atoms with van der Waals surface area (Å²) in [4.78, 5) is 0. The van der Waals surface area contributed by atoms with Gasteiger partial charge in [-0.2, -0.15) is 0 Å². The molecular formula is C8H17BNO. The smallest absolute Gasteiger partial charge is 0.202 e. The highest BCUT2D eigenvalue weighted by atomic mass is 16.3. The second-order valence-corrected chi connectivity index (χ2v) is 3.91. The van der Waals surface area contributed by atoms with Gasteiger partial charge in [-0.05, 0) is 38.5 Å². The average Bonchev–Trinajstić information content (AvgIpc) is 1.94. The van der Waals surface area contributed by atoms with Gasteiger partial charge in [0.2, 0.25) is 7.41 Å². The zero-order valence-corrected chi connectivity index (χ0v) is 7.21. The van der Waals surface area contributed by atoms with E-state index in [9.17, 15) is 5.11 Å². The Labute approximate surface area is 69.4 Å². The lowest BCUT2D eigenvalue weighted by atomic mass is 9.71. The topological polar surface area (TPSA) is 46.2 Å². The lowest BCUT2D eigenvalue weighted by Gasteiger charge is -2.32. The van der Waals surface area contributed by atoms with Crippen molar-refractivity contribution in [3.05, 3.63) is 0 Å². The third kappa shape index (κ3) is 2.84. The lowest BCUT2D eigenvalue weighted by Crippen LogP contribution is -2.31. The van der Waals surface area contributed by atoms with Crippen LogP contribution in [0.2, 0.25) is 6.32 Å². The molecular weight excluding hydrogens is 137 g/mol. The summed E-state index contributed by atoms with van der Waals surface area (Å²) in [5.41, 5.74) is 4.94. The third-order valence-corrected chi connectivity index (χ3v) is 2.65. The van der Waals surface area contributed by atoms with E-state index in [-0.39, 0.29) is 0 Å². The second-order valence-electron chi connectivity index (χ2n) is 3.91. The molecule has 0 atom stereocenters. The monoisotopic (exact) mass is 154 g/mol. The highest BCUT2D eigenvalue weighted by Gasteiger charge is 2.27. The molecule has 1 fully saturated rings. The van der Waals surface area contributed by atoms with Crippen LogP contribution in [0, 0.1) is 5.92 Å². The molecule has 1 aliphatic carbocycles. The van der Waals surface area contributed by atoms with Crippen LogP contribution in [0.25, 0.3) is 0 Å². The molecule has 0 bridgehead atoms. The predicted molar refractivity (Wildman–Crippen MR) is 47.3 cm³/mol. The van der Waals surface area contributed by atoms with E-state index < -0.39 is 5.60 Å². The molecule has 0 spiro atoms. The summed E-state index contributed by atoms with van der Waals surface area (Å²) < 4.78 is 0. The van der Waals surface area contributed by atoms with E-state index in [4.69, 9.17) is 5.64 Å². The van der Waals surface area contributed by atoms with E-state index in [0.29, 0.717) is 0 Å². The number of hydrogen-bond acceptors (Lipinski definition) is 2. The Morgan fingerprint density at radius 1 is 1.55 bits per heavy atom. The van der Waals surface area contributed by atoms with Gasteiger partial charge in [-0.15, -0.1) is 0 Å². The van der Waals surface area contributed by atoms with E-state index in [1.807, 2.05) is 6.92 Å². The van der Waals surface area contributed by atoms with Crippen LogP contribution >= 0.6 is 0 Å². The van der Waals surface area contributed by atoms with Gasteiger partial charge in [0.25, 0.3) is 0 Å². The molecule has 3 N–H and O–H groups in total. The van der Waals surface area contributed by atoms with Crippen molar-refractivity contribution < 1.29 is 5.11 Å². The highest BCUT2D eigenvalue weighted by Crippen LogP contribution is 2.32. The van der Waals surface area contributed by atoms with Crippen LogP contribution in [0.15, 0.2) is 0 Å². The van der Waals surface area contributed by atoms with Crippen molar-refractivity contribution in [1.82, 2.24) is 0 Å². The summed E-state index contributed by atoms with van der Waals surface area (Å²) in [7, 11) is 1.74. The van der Waals surface area contributed by atoms with Crippen LogP contribution in [0.3, 0.4) is 0 Å². The van der Waals surface area contributed by atoms with Crippen LogP contribution in [0.1, 0.15) is 32.6 Å². The van der Waals surface area contributed by atoms with Crippen molar-refractivity contribution in [1.29, 1.82) is 0 Å². The zero-order chi connectivity index (χ0) is 8.32. The molecule has 0 saturated heterocycles. The Hall–Kier alpha value is -0.0151. The van der Waals surface area contributed by atoms with Gasteiger partial charge in [-0.1, -0.05) is 6.32 Å². The van der Waals surface area contributed by atoms with Crippen LogP contribution < -0.4 is 5.64 Å². The maximum absolute atomic E-state index is 9.62. The first-order valence-corrected chi connectivity index (χ1v) is 4.40. The maximum Gasteiger partial charge on any atom is 0.202 e. The first-order valence-electron chi connectivity index (χ1n) is 4.40. The van der Waals surface area contributed by atoms with Crippen molar-refractivity contribution in [2.75, 3.05) is 0 Å². The molecule has 0 aromatic heterocycles. The van der Waals surface area contributed by atoms with Gasteiger partial charge < -0.3 is 10.8 Å². The number of aliphatic hydroxyl groups is 1. The fourth-order valence-electron chi connectivity index (χ4n) is 1.73. The van der Waals surface area contributed by atoms with E-state index in [0.717, 1.165) is 37.9 Å². The van der Waals surface area contributed by atoms with Gasteiger partial charge >= 0.3 is 0 Å². The molecule has 0 heterocycles. The minimum Gasteiger partial charge on any atom is -0.390 e. The van der Waals surface area contributed by atoms with Gasteiger partial charge in [0.1, 0.15) is 0 Å². The first-order chi connectivity index (χ1) is 5.14. The fourth-order valence-corrected chi connectivity index (χ4v) is 1.73. The minimum absolute atomic E-state index is 0.398. The van der Waals surface area contributed by atoms with E-state index in [1.54, 1.807) is 7.41 Å². The number of hydrogen-bond donors (Lipinski definition) is 2. The average molecular weight is 154 g/mol.